The third-order valence-electron chi connectivity index (χ3n) is 1.79. The van der Waals surface area contributed by atoms with Gasteiger partial charge in [0.1, 0.15) is 0 Å². The first-order chi connectivity index (χ1) is 11.3. The molecule has 0 radical (unpaired) electrons. The molecule has 0 heterocycles. The molecule has 0 N–H and O–H groups in total. The zero-order chi connectivity index (χ0) is 21.4. The third-order valence-corrected chi connectivity index (χ3v) is 4.29. The number of hydrogen-bond acceptors (Lipinski definition) is 2. The van der Waals surface area contributed by atoms with Crippen LogP contribution in [0.2, 0.25) is 19.6 Å². The van der Waals surface area contributed by atoms with E-state index >= 15 is 0 Å². The Balaban J connectivity index is -0.0000000687. The van der Waals surface area contributed by atoms with Crippen molar-refractivity contribution in [3.05, 3.63) is 44.6 Å². The molecule has 0 amide bonds. The summed E-state index contributed by atoms with van der Waals surface area (Å²) in [4.78, 5) is 2.18. The summed E-state index contributed by atoms with van der Waals surface area (Å²) in [5.41, 5.74) is 0. The Hall–Kier alpha value is -1.18. The SMILES string of the molecule is CCO[C](=[Cr])/C=C(\N(C)C)[Si](C)(C)C.[C-]#[O+].[C-]#[O+].[C-]#[O+].[C-]#[O+].[C-]#[O+]. The van der Waals surface area contributed by atoms with Crippen molar-refractivity contribution in [1.29, 1.82) is 0 Å². The molecule has 0 atom stereocenters. The minimum atomic E-state index is -1.28. The monoisotopic (exact) mass is 391 g/mol. The Bertz CT molecular complexity index is 382. The van der Waals surface area contributed by atoms with E-state index in [1.165, 1.54) is 5.32 Å². The van der Waals surface area contributed by atoms with Crippen LogP contribution in [0.15, 0.2) is 11.4 Å². The quantitative estimate of drug-likeness (QED) is 0.404. The van der Waals surface area contributed by atoms with Gasteiger partial charge in [0.05, 0.1) is 0 Å². The molecule has 0 bridgehead atoms. The van der Waals surface area contributed by atoms with Gasteiger partial charge in [0.25, 0.3) is 0 Å². The van der Waals surface area contributed by atoms with Gasteiger partial charge >= 0.3 is 153 Å². The number of ether oxygens (including phenoxy) is 1. The van der Waals surface area contributed by atoms with Gasteiger partial charge in [0.15, 0.2) is 0 Å². The first-order valence-corrected chi connectivity index (χ1v) is 10.0. The Morgan fingerprint density at radius 3 is 1.38 bits per heavy atom. The zero-order valence-corrected chi connectivity index (χ0v) is 16.9. The van der Waals surface area contributed by atoms with Crippen LogP contribution in [0.3, 0.4) is 0 Å². The average molecular weight is 391 g/mol. The predicted molar refractivity (Wildman–Crippen MR) is 81.4 cm³/mol. The van der Waals surface area contributed by atoms with E-state index in [2.05, 4.69) is 93.8 Å². The summed E-state index contributed by atoms with van der Waals surface area (Å²) in [6.45, 7) is 32.2. The Labute approximate surface area is 153 Å². The first kappa shape index (κ1) is 38.4. The van der Waals surface area contributed by atoms with Gasteiger partial charge < -0.3 is 0 Å². The molecule has 0 aromatic heterocycles. The van der Waals surface area contributed by atoms with Crippen LogP contribution in [0.4, 0.5) is 0 Å². The molecule has 0 saturated carbocycles. The maximum absolute atomic E-state index is 7.50. The molecule has 0 saturated heterocycles. The molecule has 7 nitrogen and oxygen atoms in total. The van der Waals surface area contributed by atoms with Gasteiger partial charge in [-0.1, -0.05) is 0 Å². The molecule has 0 fully saturated rings. The van der Waals surface area contributed by atoms with Gasteiger partial charge in [-0.15, -0.1) is 0 Å². The van der Waals surface area contributed by atoms with Gasteiger partial charge in [-0.05, 0) is 0 Å². The minimum absolute atomic E-state index is 0.714. The fourth-order valence-corrected chi connectivity index (χ4v) is 3.75. The van der Waals surface area contributed by atoms with Gasteiger partial charge in [0.2, 0.25) is 0 Å². The van der Waals surface area contributed by atoms with E-state index < -0.39 is 8.07 Å². The van der Waals surface area contributed by atoms with Crippen molar-refractivity contribution < 1.29 is 43.8 Å². The maximum atomic E-state index is 7.50. The van der Waals surface area contributed by atoms with Crippen LogP contribution in [0.25, 0.3) is 0 Å². The van der Waals surface area contributed by atoms with Crippen molar-refractivity contribution in [3.8, 4) is 0 Å². The van der Waals surface area contributed by atoms with Crippen LogP contribution in [0, 0.1) is 33.3 Å². The van der Waals surface area contributed by atoms with Crippen molar-refractivity contribution in [2.24, 2.45) is 0 Å². The molecule has 0 aliphatic rings. The Morgan fingerprint density at radius 1 is 0.917 bits per heavy atom. The summed E-state index contributed by atoms with van der Waals surface area (Å²) in [6, 6.07) is 0. The van der Waals surface area contributed by atoms with E-state index in [-0.39, 0.29) is 0 Å². The molecule has 24 heavy (non-hydrogen) atoms. The molecule has 132 valence electrons. The topological polar surface area (TPSA) is 112 Å². The average Bonchev–Trinajstić information content (AvgIpc) is 2.61. The van der Waals surface area contributed by atoms with E-state index in [1.807, 2.05) is 6.92 Å². The molecule has 0 aromatic rings. The van der Waals surface area contributed by atoms with Crippen LogP contribution >= 0.6 is 0 Å². The second-order valence-corrected chi connectivity index (χ2v) is 10.1. The number of nitrogens with zero attached hydrogens (tertiary/aromatic N) is 1. The van der Waals surface area contributed by atoms with Gasteiger partial charge in [-0.3, -0.25) is 0 Å². The van der Waals surface area contributed by atoms with Crippen molar-refractivity contribution in [3.63, 3.8) is 0 Å². The summed E-state index contributed by atoms with van der Waals surface area (Å²) in [7, 11) is 2.90. The third kappa shape index (κ3) is 32.7. The van der Waals surface area contributed by atoms with Crippen LogP contribution < -0.4 is 0 Å². The standard InChI is InChI=1S/C10H21NOSi.5CO.Cr/c1-7-12-9-8-10(11(2)3)13(4,5)6;5*1-2;/h8H,7H2,1-6H3;;;;;;/b10-8+;;;;;;. The van der Waals surface area contributed by atoms with E-state index in [0.717, 1.165) is 4.57 Å². The Morgan fingerprint density at radius 2 is 1.21 bits per heavy atom. The van der Waals surface area contributed by atoms with Gasteiger partial charge in [-0.2, -0.15) is 0 Å². The molecule has 0 aliphatic carbocycles. The number of hydrogen-bond donors (Lipinski definition) is 0. The van der Waals surface area contributed by atoms with E-state index in [9.17, 15) is 0 Å². The second kappa shape index (κ2) is 33.4. The molecular weight excluding hydrogens is 370 g/mol. The van der Waals surface area contributed by atoms with Crippen molar-refractivity contribution in [2.45, 2.75) is 26.6 Å². The number of rotatable bonds is 5. The van der Waals surface area contributed by atoms with Gasteiger partial charge in [0, 0.05) is 0 Å². The van der Waals surface area contributed by atoms with E-state index in [4.69, 9.17) is 28.0 Å². The van der Waals surface area contributed by atoms with Gasteiger partial charge in [-0.25, -0.2) is 0 Å². The van der Waals surface area contributed by atoms with Crippen molar-refractivity contribution in [1.82, 2.24) is 4.90 Å². The summed E-state index contributed by atoms with van der Waals surface area (Å²) in [5, 5.41) is 1.39. The van der Waals surface area contributed by atoms with Crippen LogP contribution in [0.1, 0.15) is 6.92 Å². The fourth-order valence-electron chi connectivity index (χ4n) is 1.31. The molecule has 0 aromatic carbocycles. The fraction of sp³-hybridized carbons (Fsp3) is 0.467. The molecule has 0 spiro atoms. The molecule has 0 rings (SSSR count). The zero-order valence-electron chi connectivity index (χ0n) is 14.6. The van der Waals surface area contributed by atoms with E-state index in [1.54, 1.807) is 0 Å². The summed E-state index contributed by atoms with van der Waals surface area (Å²) in [6.07, 6.45) is 2.12. The first-order valence-electron chi connectivity index (χ1n) is 5.87. The molecule has 0 aliphatic heterocycles. The van der Waals surface area contributed by atoms with Crippen molar-refractivity contribution in [2.75, 3.05) is 20.7 Å². The van der Waals surface area contributed by atoms with Crippen molar-refractivity contribution >= 4 is 12.6 Å². The van der Waals surface area contributed by atoms with Crippen LogP contribution in [0.5, 0.6) is 0 Å². The van der Waals surface area contributed by atoms with E-state index in [0.29, 0.717) is 6.61 Å². The normalized spacial score (nSPS) is 7.92. The Kier molecular flexibility index (Phi) is 53.5. The molecular formula is C15H21CrNO6Si. The molecule has 0 unspecified atom stereocenters. The molecule has 9 heteroatoms. The van der Waals surface area contributed by atoms with Crippen LogP contribution in [-0.4, -0.2) is 38.2 Å². The summed E-state index contributed by atoms with van der Waals surface area (Å²) in [5.74, 6) is 0. The van der Waals surface area contributed by atoms with Crippen LogP contribution in [-0.2, 0) is 43.8 Å². The predicted octanol–water partition coefficient (Wildman–Crippen LogP) is 1.83. The second-order valence-electron chi connectivity index (χ2n) is 4.43. The summed E-state index contributed by atoms with van der Waals surface area (Å²) < 4.78 is 43.8. The summed E-state index contributed by atoms with van der Waals surface area (Å²) >= 11 is 2.95.